The molecule has 19 heavy (non-hydrogen) atoms. The Bertz CT molecular complexity index is 626. The molecular weight excluding hydrogens is 372 g/mol. The third kappa shape index (κ3) is 4.01. The minimum absolute atomic E-state index is 0.251. The standard InChI is InChI=1S/C14H10Br2N2O/c15-11-5-3-4-10(8-11)9-17-18-14(19)12-6-1-2-7-13(12)16/h1-9H,(H,18,19)/b17-9+. The number of carbonyl (C=O) groups is 1. The molecule has 0 saturated heterocycles. The third-order valence-corrected chi connectivity index (χ3v) is 3.53. The van der Waals surface area contributed by atoms with Gasteiger partial charge in [-0.25, -0.2) is 5.43 Å². The van der Waals surface area contributed by atoms with Crippen molar-refractivity contribution in [3.05, 3.63) is 68.6 Å². The number of benzene rings is 2. The summed E-state index contributed by atoms with van der Waals surface area (Å²) in [4.78, 5) is 11.9. The second kappa shape index (κ2) is 6.63. The predicted octanol–water partition coefficient (Wildman–Crippen LogP) is 3.98. The number of nitrogens with zero attached hydrogens (tertiary/aromatic N) is 1. The molecule has 5 heteroatoms. The van der Waals surface area contributed by atoms with Gasteiger partial charge < -0.3 is 0 Å². The van der Waals surface area contributed by atoms with Crippen molar-refractivity contribution in [3.8, 4) is 0 Å². The molecule has 0 radical (unpaired) electrons. The second-order valence-corrected chi connectivity index (χ2v) is 5.50. The van der Waals surface area contributed by atoms with Crippen LogP contribution in [0, 0.1) is 0 Å². The molecule has 0 aliphatic rings. The highest BCUT2D eigenvalue weighted by atomic mass is 79.9. The number of halogens is 2. The van der Waals surface area contributed by atoms with E-state index in [1.54, 1.807) is 18.3 Å². The van der Waals surface area contributed by atoms with Crippen molar-refractivity contribution >= 4 is 44.0 Å². The highest BCUT2D eigenvalue weighted by Gasteiger charge is 2.07. The number of hydrogen-bond donors (Lipinski definition) is 1. The van der Waals surface area contributed by atoms with Crippen LogP contribution in [0.3, 0.4) is 0 Å². The van der Waals surface area contributed by atoms with Crippen molar-refractivity contribution in [2.75, 3.05) is 0 Å². The van der Waals surface area contributed by atoms with E-state index in [2.05, 4.69) is 42.4 Å². The number of hydrogen-bond acceptors (Lipinski definition) is 2. The Kier molecular flexibility index (Phi) is 4.87. The molecule has 0 fully saturated rings. The Morgan fingerprint density at radius 1 is 1.11 bits per heavy atom. The zero-order valence-electron chi connectivity index (χ0n) is 9.81. The first-order chi connectivity index (χ1) is 9.16. The van der Waals surface area contributed by atoms with Gasteiger partial charge in [-0.3, -0.25) is 4.79 Å². The van der Waals surface area contributed by atoms with Gasteiger partial charge in [-0.05, 0) is 45.8 Å². The Labute approximate surface area is 128 Å². The molecule has 2 aromatic carbocycles. The normalized spacial score (nSPS) is 10.6. The van der Waals surface area contributed by atoms with Gasteiger partial charge in [0.25, 0.3) is 5.91 Å². The van der Waals surface area contributed by atoms with E-state index in [4.69, 9.17) is 0 Å². The Morgan fingerprint density at radius 3 is 2.63 bits per heavy atom. The molecule has 0 bridgehead atoms. The molecular formula is C14H10Br2N2O. The smallest absolute Gasteiger partial charge is 0.267 e. The lowest BCUT2D eigenvalue weighted by molar-refractivity contribution is 0.0954. The van der Waals surface area contributed by atoms with Gasteiger partial charge >= 0.3 is 0 Å². The van der Waals surface area contributed by atoms with E-state index in [9.17, 15) is 4.79 Å². The van der Waals surface area contributed by atoms with Crippen LogP contribution in [0.25, 0.3) is 0 Å². The topological polar surface area (TPSA) is 41.5 Å². The molecule has 96 valence electrons. The molecule has 2 rings (SSSR count). The fourth-order valence-corrected chi connectivity index (χ4v) is 2.34. The summed E-state index contributed by atoms with van der Waals surface area (Å²) in [5, 5.41) is 3.93. The minimum Gasteiger partial charge on any atom is -0.267 e. The lowest BCUT2D eigenvalue weighted by Gasteiger charge is -2.01. The van der Waals surface area contributed by atoms with Crippen LogP contribution in [0.4, 0.5) is 0 Å². The Balaban J connectivity index is 2.03. The molecule has 0 aliphatic carbocycles. The summed E-state index contributed by atoms with van der Waals surface area (Å²) in [6.45, 7) is 0. The van der Waals surface area contributed by atoms with Crippen molar-refractivity contribution in [2.24, 2.45) is 5.10 Å². The molecule has 0 spiro atoms. The minimum atomic E-state index is -0.251. The van der Waals surface area contributed by atoms with E-state index >= 15 is 0 Å². The van der Waals surface area contributed by atoms with Gasteiger partial charge in [-0.1, -0.05) is 40.2 Å². The Morgan fingerprint density at radius 2 is 1.89 bits per heavy atom. The van der Waals surface area contributed by atoms with Crippen LogP contribution in [-0.4, -0.2) is 12.1 Å². The van der Waals surface area contributed by atoms with Gasteiger partial charge in [-0.2, -0.15) is 5.10 Å². The maximum absolute atomic E-state index is 11.9. The molecule has 0 heterocycles. The quantitative estimate of drug-likeness (QED) is 0.634. The van der Waals surface area contributed by atoms with E-state index in [-0.39, 0.29) is 5.91 Å². The molecule has 0 unspecified atom stereocenters. The van der Waals surface area contributed by atoms with Gasteiger partial charge in [0.05, 0.1) is 11.8 Å². The maximum atomic E-state index is 11.9. The summed E-state index contributed by atoms with van der Waals surface area (Å²) in [7, 11) is 0. The highest BCUT2D eigenvalue weighted by Crippen LogP contribution is 2.15. The first kappa shape index (κ1) is 14.0. The van der Waals surface area contributed by atoms with Crippen molar-refractivity contribution in [1.29, 1.82) is 0 Å². The van der Waals surface area contributed by atoms with Gasteiger partial charge in [-0.15, -0.1) is 0 Å². The second-order valence-electron chi connectivity index (χ2n) is 3.73. The Hall–Kier alpha value is -1.46. The van der Waals surface area contributed by atoms with Crippen LogP contribution >= 0.6 is 31.9 Å². The number of nitrogens with one attached hydrogen (secondary N) is 1. The maximum Gasteiger partial charge on any atom is 0.272 e. The van der Waals surface area contributed by atoms with Crippen LogP contribution in [0.15, 0.2) is 62.6 Å². The van der Waals surface area contributed by atoms with Crippen LogP contribution in [-0.2, 0) is 0 Å². The summed E-state index contributed by atoms with van der Waals surface area (Å²) in [6.07, 6.45) is 1.60. The van der Waals surface area contributed by atoms with Gasteiger partial charge in [0.1, 0.15) is 0 Å². The third-order valence-electron chi connectivity index (χ3n) is 2.35. The summed E-state index contributed by atoms with van der Waals surface area (Å²) in [5.41, 5.74) is 3.95. The molecule has 0 atom stereocenters. The van der Waals surface area contributed by atoms with E-state index in [1.165, 1.54) is 0 Å². The van der Waals surface area contributed by atoms with Gasteiger partial charge in [0.15, 0.2) is 0 Å². The molecule has 3 nitrogen and oxygen atoms in total. The summed E-state index contributed by atoms with van der Waals surface area (Å²) < 4.78 is 1.71. The van der Waals surface area contributed by atoms with Crippen LogP contribution < -0.4 is 5.43 Å². The predicted molar refractivity (Wildman–Crippen MR) is 83.3 cm³/mol. The fraction of sp³-hybridized carbons (Fsp3) is 0. The van der Waals surface area contributed by atoms with Crippen molar-refractivity contribution < 1.29 is 4.79 Å². The average Bonchev–Trinajstić information content (AvgIpc) is 2.39. The summed E-state index contributed by atoms with van der Waals surface area (Å²) >= 11 is 6.70. The molecule has 0 aliphatic heterocycles. The van der Waals surface area contributed by atoms with E-state index in [0.29, 0.717) is 5.56 Å². The van der Waals surface area contributed by atoms with Crippen molar-refractivity contribution in [2.45, 2.75) is 0 Å². The number of rotatable bonds is 3. The largest absolute Gasteiger partial charge is 0.272 e. The fourth-order valence-electron chi connectivity index (χ4n) is 1.46. The molecule has 0 aromatic heterocycles. The number of hydrazone groups is 1. The first-order valence-corrected chi connectivity index (χ1v) is 7.09. The van der Waals surface area contributed by atoms with Crippen LogP contribution in [0.5, 0.6) is 0 Å². The molecule has 0 saturated carbocycles. The van der Waals surface area contributed by atoms with E-state index in [0.717, 1.165) is 14.5 Å². The SMILES string of the molecule is O=C(N/N=C/c1cccc(Br)c1)c1ccccc1Br. The lowest BCUT2D eigenvalue weighted by Crippen LogP contribution is -2.18. The zero-order chi connectivity index (χ0) is 13.7. The lowest BCUT2D eigenvalue weighted by atomic mass is 10.2. The van der Waals surface area contributed by atoms with E-state index in [1.807, 2.05) is 36.4 Å². The number of carbonyl (C=O) groups excluding carboxylic acids is 1. The molecule has 2 aromatic rings. The van der Waals surface area contributed by atoms with Gasteiger partial charge in [0, 0.05) is 8.95 Å². The van der Waals surface area contributed by atoms with Crippen molar-refractivity contribution in [3.63, 3.8) is 0 Å². The van der Waals surface area contributed by atoms with Gasteiger partial charge in [0.2, 0.25) is 0 Å². The molecule has 1 N–H and O–H groups in total. The van der Waals surface area contributed by atoms with Crippen LogP contribution in [0.2, 0.25) is 0 Å². The molecule has 1 amide bonds. The monoisotopic (exact) mass is 380 g/mol. The zero-order valence-corrected chi connectivity index (χ0v) is 13.0. The van der Waals surface area contributed by atoms with Crippen molar-refractivity contribution in [1.82, 2.24) is 5.43 Å². The average molecular weight is 382 g/mol. The highest BCUT2D eigenvalue weighted by molar-refractivity contribution is 9.10. The summed E-state index contributed by atoms with van der Waals surface area (Å²) in [5.74, 6) is -0.251. The van der Waals surface area contributed by atoms with E-state index < -0.39 is 0 Å². The van der Waals surface area contributed by atoms with Crippen LogP contribution in [0.1, 0.15) is 15.9 Å². The summed E-state index contributed by atoms with van der Waals surface area (Å²) in [6, 6.07) is 14.8. The first-order valence-electron chi connectivity index (χ1n) is 5.50. The number of amides is 1.